The van der Waals surface area contributed by atoms with Gasteiger partial charge in [0.25, 0.3) is 5.91 Å². The third-order valence-corrected chi connectivity index (χ3v) is 3.94. The number of benzene rings is 2. The quantitative estimate of drug-likeness (QED) is 0.721. The van der Waals surface area contributed by atoms with E-state index >= 15 is 0 Å². The lowest BCUT2D eigenvalue weighted by Crippen LogP contribution is -2.13. The van der Waals surface area contributed by atoms with Crippen LogP contribution in [0.1, 0.15) is 16.1 Å². The maximum atomic E-state index is 12.4. The van der Waals surface area contributed by atoms with Crippen LogP contribution >= 0.6 is 0 Å². The topological polar surface area (TPSA) is 81.1 Å². The second-order valence-corrected chi connectivity index (χ2v) is 6.14. The zero-order chi connectivity index (χ0) is 19.2. The summed E-state index contributed by atoms with van der Waals surface area (Å²) in [7, 11) is 3.98. The van der Waals surface area contributed by atoms with Crippen molar-refractivity contribution >= 4 is 28.7 Å². The van der Waals surface area contributed by atoms with Crippen LogP contribution in [0.5, 0.6) is 0 Å². The third kappa shape index (κ3) is 4.61. The second-order valence-electron chi connectivity index (χ2n) is 6.14. The molecule has 0 radical (unpaired) electrons. The van der Waals surface area contributed by atoms with E-state index in [2.05, 4.69) is 15.6 Å². The van der Waals surface area contributed by atoms with Gasteiger partial charge >= 0.3 is 0 Å². The Balaban J connectivity index is 1.70. The maximum absolute atomic E-state index is 12.4. The van der Waals surface area contributed by atoms with E-state index in [4.69, 9.17) is 5.26 Å². The number of pyridine rings is 1. The molecule has 2 aromatic carbocycles. The summed E-state index contributed by atoms with van der Waals surface area (Å²) < 4.78 is 0. The molecule has 0 aliphatic rings. The van der Waals surface area contributed by atoms with E-state index in [9.17, 15) is 4.79 Å². The Labute approximate surface area is 158 Å². The summed E-state index contributed by atoms with van der Waals surface area (Å²) >= 11 is 0. The number of amides is 1. The van der Waals surface area contributed by atoms with Gasteiger partial charge < -0.3 is 15.5 Å². The largest absolute Gasteiger partial charge is 0.378 e. The van der Waals surface area contributed by atoms with Crippen LogP contribution in [-0.2, 0) is 0 Å². The molecule has 6 nitrogen and oxygen atoms in total. The van der Waals surface area contributed by atoms with Gasteiger partial charge in [0.2, 0.25) is 0 Å². The predicted octanol–water partition coefficient (Wildman–Crippen LogP) is 4.02. The van der Waals surface area contributed by atoms with Crippen LogP contribution < -0.4 is 15.5 Å². The number of hydrogen-bond donors (Lipinski definition) is 2. The number of anilines is 4. The highest BCUT2D eigenvalue weighted by Crippen LogP contribution is 2.20. The Morgan fingerprint density at radius 1 is 0.963 bits per heavy atom. The van der Waals surface area contributed by atoms with Gasteiger partial charge in [-0.25, -0.2) is 0 Å². The van der Waals surface area contributed by atoms with Crippen LogP contribution in [0.2, 0.25) is 0 Å². The molecule has 0 fully saturated rings. The molecule has 134 valence electrons. The monoisotopic (exact) mass is 357 g/mol. The fourth-order valence-electron chi connectivity index (χ4n) is 2.47. The van der Waals surface area contributed by atoms with E-state index in [-0.39, 0.29) is 5.91 Å². The Bertz CT molecular complexity index is 973. The molecule has 3 rings (SSSR count). The zero-order valence-electron chi connectivity index (χ0n) is 15.1. The summed E-state index contributed by atoms with van der Waals surface area (Å²) in [6.07, 6.45) is 1.59. The summed E-state index contributed by atoms with van der Waals surface area (Å²) in [6, 6.07) is 20.2. The molecular formula is C21H19N5O. The molecule has 0 saturated carbocycles. The lowest BCUT2D eigenvalue weighted by atomic mass is 10.2. The smallest absolute Gasteiger partial charge is 0.274 e. The standard InChI is InChI=1S/C21H19N5O/c1-26(2)19-9-7-16(8-10-19)24-18-11-12-23-20(13-18)21(27)25-17-5-3-15(14-22)4-6-17/h3-13H,1-2H3,(H,23,24)(H,25,27). The molecule has 3 aromatic rings. The average Bonchev–Trinajstić information content (AvgIpc) is 2.69. The molecule has 0 bridgehead atoms. The molecule has 1 amide bonds. The van der Waals surface area contributed by atoms with E-state index in [1.807, 2.05) is 49.3 Å². The third-order valence-electron chi connectivity index (χ3n) is 3.94. The normalized spacial score (nSPS) is 9.96. The Morgan fingerprint density at radius 3 is 2.26 bits per heavy atom. The Hall–Kier alpha value is -3.85. The van der Waals surface area contributed by atoms with Crippen molar-refractivity contribution < 1.29 is 4.79 Å². The molecule has 0 saturated heterocycles. The second kappa shape index (κ2) is 8.02. The van der Waals surface area contributed by atoms with Crippen LogP contribution in [0.3, 0.4) is 0 Å². The minimum atomic E-state index is -0.314. The molecule has 0 aliphatic heterocycles. The number of nitriles is 1. The molecule has 2 N–H and O–H groups in total. The summed E-state index contributed by atoms with van der Waals surface area (Å²) in [6.45, 7) is 0. The van der Waals surface area contributed by atoms with Crippen molar-refractivity contribution in [3.8, 4) is 6.07 Å². The molecule has 1 heterocycles. The van der Waals surface area contributed by atoms with Crippen LogP contribution in [0.4, 0.5) is 22.7 Å². The molecular weight excluding hydrogens is 338 g/mol. The van der Waals surface area contributed by atoms with E-state index < -0.39 is 0 Å². The Morgan fingerprint density at radius 2 is 1.63 bits per heavy atom. The lowest BCUT2D eigenvalue weighted by Gasteiger charge is -2.13. The predicted molar refractivity (Wildman–Crippen MR) is 107 cm³/mol. The van der Waals surface area contributed by atoms with Gasteiger partial charge in [-0.15, -0.1) is 0 Å². The van der Waals surface area contributed by atoms with Crippen LogP contribution in [0.25, 0.3) is 0 Å². The summed E-state index contributed by atoms with van der Waals surface area (Å²) in [5, 5.41) is 14.9. The first kappa shape index (κ1) is 18.0. The van der Waals surface area contributed by atoms with Crippen molar-refractivity contribution in [3.05, 3.63) is 78.1 Å². The number of aromatic nitrogens is 1. The highest BCUT2D eigenvalue weighted by molar-refractivity contribution is 6.03. The first-order valence-corrected chi connectivity index (χ1v) is 8.37. The van der Waals surface area contributed by atoms with Gasteiger partial charge in [-0.1, -0.05) is 0 Å². The number of carbonyl (C=O) groups is 1. The van der Waals surface area contributed by atoms with Crippen molar-refractivity contribution in [2.24, 2.45) is 0 Å². The molecule has 6 heteroatoms. The molecule has 0 atom stereocenters. The van der Waals surface area contributed by atoms with Gasteiger partial charge in [0, 0.05) is 43.0 Å². The molecule has 0 aliphatic carbocycles. The van der Waals surface area contributed by atoms with E-state index in [1.54, 1.807) is 42.6 Å². The average molecular weight is 357 g/mol. The fraction of sp³-hybridized carbons (Fsp3) is 0.0952. The lowest BCUT2D eigenvalue weighted by molar-refractivity contribution is 0.102. The van der Waals surface area contributed by atoms with Gasteiger partial charge in [0.1, 0.15) is 5.69 Å². The zero-order valence-corrected chi connectivity index (χ0v) is 15.1. The maximum Gasteiger partial charge on any atom is 0.274 e. The van der Waals surface area contributed by atoms with Crippen molar-refractivity contribution in [3.63, 3.8) is 0 Å². The number of rotatable bonds is 5. The van der Waals surface area contributed by atoms with Crippen LogP contribution in [0, 0.1) is 11.3 Å². The highest BCUT2D eigenvalue weighted by atomic mass is 16.1. The van der Waals surface area contributed by atoms with Gasteiger partial charge in [0.05, 0.1) is 11.6 Å². The van der Waals surface area contributed by atoms with Crippen LogP contribution in [0.15, 0.2) is 66.9 Å². The Kier molecular flexibility index (Phi) is 5.33. The van der Waals surface area contributed by atoms with E-state index in [0.29, 0.717) is 16.9 Å². The molecule has 27 heavy (non-hydrogen) atoms. The summed E-state index contributed by atoms with van der Waals surface area (Å²) in [5.74, 6) is -0.314. The number of nitrogens with zero attached hydrogens (tertiary/aromatic N) is 3. The fourth-order valence-corrected chi connectivity index (χ4v) is 2.47. The number of nitrogens with one attached hydrogen (secondary N) is 2. The summed E-state index contributed by atoms with van der Waals surface area (Å²) in [4.78, 5) is 18.6. The summed E-state index contributed by atoms with van der Waals surface area (Å²) in [5.41, 5.74) is 4.25. The minimum absolute atomic E-state index is 0.300. The van der Waals surface area contributed by atoms with Gasteiger partial charge in [-0.3, -0.25) is 9.78 Å². The first-order chi connectivity index (χ1) is 13.0. The van der Waals surface area contributed by atoms with Crippen molar-refractivity contribution in [1.29, 1.82) is 5.26 Å². The molecule has 0 unspecified atom stereocenters. The number of hydrogen-bond acceptors (Lipinski definition) is 5. The van der Waals surface area contributed by atoms with Gasteiger partial charge in [-0.05, 0) is 60.7 Å². The van der Waals surface area contributed by atoms with Gasteiger partial charge in [-0.2, -0.15) is 5.26 Å². The first-order valence-electron chi connectivity index (χ1n) is 8.37. The highest BCUT2D eigenvalue weighted by Gasteiger charge is 2.09. The van der Waals surface area contributed by atoms with Crippen molar-refractivity contribution in [1.82, 2.24) is 4.98 Å². The van der Waals surface area contributed by atoms with Crippen molar-refractivity contribution in [2.45, 2.75) is 0 Å². The number of carbonyl (C=O) groups excluding carboxylic acids is 1. The van der Waals surface area contributed by atoms with Crippen LogP contribution in [-0.4, -0.2) is 25.0 Å². The SMILES string of the molecule is CN(C)c1ccc(Nc2ccnc(C(=O)Nc3ccc(C#N)cc3)c2)cc1. The van der Waals surface area contributed by atoms with Gasteiger partial charge in [0.15, 0.2) is 0 Å². The van der Waals surface area contributed by atoms with E-state index in [0.717, 1.165) is 17.1 Å². The van der Waals surface area contributed by atoms with E-state index in [1.165, 1.54) is 0 Å². The molecule has 1 aromatic heterocycles. The molecule has 0 spiro atoms. The minimum Gasteiger partial charge on any atom is -0.378 e. The van der Waals surface area contributed by atoms with Crippen molar-refractivity contribution in [2.75, 3.05) is 29.6 Å².